The second-order valence-electron chi connectivity index (χ2n) is 5.30. The van der Waals surface area contributed by atoms with E-state index in [1.807, 2.05) is 30.3 Å². The fourth-order valence-corrected chi connectivity index (χ4v) is 2.76. The van der Waals surface area contributed by atoms with Gasteiger partial charge in [0.05, 0.1) is 25.4 Å². The molecule has 0 aliphatic heterocycles. The van der Waals surface area contributed by atoms with Gasteiger partial charge in [-0.3, -0.25) is 0 Å². The minimum absolute atomic E-state index is 0.550. The minimum Gasteiger partial charge on any atom is -0.493 e. The second-order valence-corrected chi connectivity index (χ2v) is 5.30. The number of pyridine rings is 1. The lowest BCUT2D eigenvalue weighted by Gasteiger charge is -2.15. The van der Waals surface area contributed by atoms with Gasteiger partial charge in [-0.15, -0.1) is 0 Å². The van der Waals surface area contributed by atoms with Crippen molar-refractivity contribution in [2.45, 2.75) is 6.42 Å². The molecule has 1 heterocycles. The van der Waals surface area contributed by atoms with E-state index in [0.29, 0.717) is 12.3 Å². The highest BCUT2D eigenvalue weighted by Gasteiger charge is 2.13. The molecule has 0 fully saturated rings. The number of rotatable bonds is 5. The van der Waals surface area contributed by atoms with Crippen LogP contribution in [0.3, 0.4) is 0 Å². The Balaban J connectivity index is 2.15. The van der Waals surface area contributed by atoms with Gasteiger partial charge in [0.25, 0.3) is 0 Å². The van der Waals surface area contributed by atoms with Gasteiger partial charge < -0.3 is 15.2 Å². The zero-order valence-electron chi connectivity index (χ0n) is 13.4. The van der Waals surface area contributed by atoms with Gasteiger partial charge in [0.1, 0.15) is 0 Å². The maximum Gasteiger partial charge on any atom is 0.163 e. The maximum atomic E-state index is 5.73. The van der Waals surface area contributed by atoms with E-state index in [2.05, 4.69) is 18.2 Å². The van der Waals surface area contributed by atoms with Crippen LogP contribution in [-0.2, 0) is 6.42 Å². The molecule has 1 aromatic heterocycles. The molecule has 4 heteroatoms. The Bertz CT molecular complexity index is 831. The molecule has 0 saturated heterocycles. The number of hydrogen-bond donors (Lipinski definition) is 1. The summed E-state index contributed by atoms with van der Waals surface area (Å²) >= 11 is 0. The monoisotopic (exact) mass is 308 g/mol. The first-order valence-electron chi connectivity index (χ1n) is 7.58. The molecule has 2 aromatic carbocycles. The standard InChI is InChI=1S/C19H20N2O2/c1-22-18-12-15(11-14(9-10-20)19(18)23-2)17-8-7-13-5-3-4-6-16(13)21-17/h3-8,11-12H,9-10,20H2,1-2H3. The van der Waals surface area contributed by atoms with Crippen molar-refractivity contribution in [2.75, 3.05) is 20.8 Å². The SMILES string of the molecule is COc1cc(-c2ccc3ccccc3n2)cc(CCN)c1OC. The average Bonchev–Trinajstić information content (AvgIpc) is 2.60. The molecule has 2 N–H and O–H groups in total. The Morgan fingerprint density at radius 3 is 2.57 bits per heavy atom. The maximum absolute atomic E-state index is 5.73. The van der Waals surface area contributed by atoms with E-state index in [0.717, 1.165) is 39.9 Å². The first kappa shape index (κ1) is 15.3. The molecular formula is C19H20N2O2. The van der Waals surface area contributed by atoms with Crippen molar-refractivity contribution in [3.8, 4) is 22.8 Å². The fourth-order valence-electron chi connectivity index (χ4n) is 2.76. The molecule has 0 saturated carbocycles. The first-order chi connectivity index (χ1) is 11.3. The number of methoxy groups -OCH3 is 2. The van der Waals surface area contributed by atoms with Crippen LogP contribution in [0.25, 0.3) is 22.2 Å². The zero-order valence-corrected chi connectivity index (χ0v) is 13.4. The summed E-state index contributed by atoms with van der Waals surface area (Å²) in [7, 11) is 3.29. The highest BCUT2D eigenvalue weighted by molar-refractivity contribution is 5.82. The van der Waals surface area contributed by atoms with E-state index >= 15 is 0 Å². The fraction of sp³-hybridized carbons (Fsp3) is 0.211. The van der Waals surface area contributed by atoms with Gasteiger partial charge in [-0.05, 0) is 42.8 Å². The Morgan fingerprint density at radius 2 is 1.83 bits per heavy atom. The van der Waals surface area contributed by atoms with Crippen LogP contribution in [-0.4, -0.2) is 25.7 Å². The van der Waals surface area contributed by atoms with E-state index in [-0.39, 0.29) is 0 Å². The Morgan fingerprint density at radius 1 is 1.00 bits per heavy atom. The molecule has 0 aliphatic rings. The molecule has 4 nitrogen and oxygen atoms in total. The molecule has 0 spiro atoms. The van der Waals surface area contributed by atoms with Crippen molar-refractivity contribution in [3.05, 3.63) is 54.1 Å². The normalized spacial score (nSPS) is 10.7. The van der Waals surface area contributed by atoms with E-state index in [1.54, 1.807) is 14.2 Å². The third-order valence-electron chi connectivity index (χ3n) is 3.86. The Labute approximate surface area is 135 Å². The van der Waals surface area contributed by atoms with E-state index in [1.165, 1.54) is 0 Å². The van der Waals surface area contributed by atoms with Crippen LogP contribution < -0.4 is 15.2 Å². The molecule has 0 unspecified atom stereocenters. The molecule has 0 amide bonds. The first-order valence-corrected chi connectivity index (χ1v) is 7.58. The number of nitrogens with zero attached hydrogens (tertiary/aromatic N) is 1. The molecule has 3 aromatic rings. The average molecular weight is 308 g/mol. The number of aromatic nitrogens is 1. The lowest BCUT2D eigenvalue weighted by atomic mass is 10.0. The highest BCUT2D eigenvalue weighted by Crippen LogP contribution is 2.36. The molecule has 118 valence electrons. The van der Waals surface area contributed by atoms with Crippen LogP contribution in [0.1, 0.15) is 5.56 Å². The van der Waals surface area contributed by atoms with E-state index in [4.69, 9.17) is 20.2 Å². The van der Waals surface area contributed by atoms with Crippen LogP contribution in [0, 0.1) is 0 Å². The third-order valence-corrected chi connectivity index (χ3v) is 3.86. The molecule has 0 radical (unpaired) electrons. The van der Waals surface area contributed by atoms with Crippen LogP contribution >= 0.6 is 0 Å². The van der Waals surface area contributed by atoms with Gasteiger partial charge in [0.15, 0.2) is 11.5 Å². The van der Waals surface area contributed by atoms with Crippen LogP contribution in [0.5, 0.6) is 11.5 Å². The van der Waals surface area contributed by atoms with Crippen molar-refractivity contribution in [1.29, 1.82) is 0 Å². The number of benzene rings is 2. The minimum atomic E-state index is 0.550. The van der Waals surface area contributed by atoms with Gasteiger partial charge in [0, 0.05) is 10.9 Å². The molecule has 23 heavy (non-hydrogen) atoms. The van der Waals surface area contributed by atoms with Crippen molar-refractivity contribution < 1.29 is 9.47 Å². The van der Waals surface area contributed by atoms with Crippen molar-refractivity contribution in [1.82, 2.24) is 4.98 Å². The lowest BCUT2D eigenvalue weighted by molar-refractivity contribution is 0.352. The molecule has 3 rings (SSSR count). The number of fused-ring (bicyclic) bond motifs is 1. The summed E-state index contributed by atoms with van der Waals surface area (Å²) in [5.74, 6) is 1.44. The number of para-hydroxylation sites is 1. The van der Waals surface area contributed by atoms with Crippen molar-refractivity contribution in [2.24, 2.45) is 5.73 Å². The zero-order chi connectivity index (χ0) is 16.2. The predicted octanol–water partition coefficient (Wildman–Crippen LogP) is 3.42. The van der Waals surface area contributed by atoms with Gasteiger partial charge in [-0.2, -0.15) is 0 Å². The Kier molecular flexibility index (Phi) is 4.44. The summed E-state index contributed by atoms with van der Waals surface area (Å²) in [4.78, 5) is 4.75. The quantitative estimate of drug-likeness (QED) is 0.784. The summed E-state index contributed by atoms with van der Waals surface area (Å²) in [6, 6.07) is 16.2. The second kappa shape index (κ2) is 6.67. The number of nitrogens with two attached hydrogens (primary N) is 1. The van der Waals surface area contributed by atoms with Crippen LogP contribution in [0.2, 0.25) is 0 Å². The highest BCUT2D eigenvalue weighted by atomic mass is 16.5. The Hall–Kier alpha value is -2.59. The predicted molar refractivity (Wildman–Crippen MR) is 93.0 cm³/mol. The van der Waals surface area contributed by atoms with Gasteiger partial charge in [-0.1, -0.05) is 24.3 Å². The van der Waals surface area contributed by atoms with E-state index < -0.39 is 0 Å². The molecule has 0 aliphatic carbocycles. The van der Waals surface area contributed by atoms with Gasteiger partial charge in [-0.25, -0.2) is 4.98 Å². The molecular weight excluding hydrogens is 288 g/mol. The topological polar surface area (TPSA) is 57.4 Å². The smallest absolute Gasteiger partial charge is 0.163 e. The number of hydrogen-bond acceptors (Lipinski definition) is 4. The molecule has 0 atom stereocenters. The summed E-state index contributed by atoms with van der Waals surface area (Å²) in [5.41, 5.74) is 9.63. The molecule has 0 bridgehead atoms. The van der Waals surface area contributed by atoms with Crippen LogP contribution in [0.15, 0.2) is 48.5 Å². The van der Waals surface area contributed by atoms with Gasteiger partial charge in [0.2, 0.25) is 0 Å². The lowest BCUT2D eigenvalue weighted by Crippen LogP contribution is -2.05. The summed E-state index contributed by atoms with van der Waals surface area (Å²) in [5, 5.41) is 1.12. The third kappa shape index (κ3) is 2.98. The van der Waals surface area contributed by atoms with E-state index in [9.17, 15) is 0 Å². The summed E-state index contributed by atoms with van der Waals surface area (Å²) in [6.07, 6.45) is 0.723. The van der Waals surface area contributed by atoms with Gasteiger partial charge >= 0.3 is 0 Å². The summed E-state index contributed by atoms with van der Waals surface area (Å²) in [6.45, 7) is 0.550. The number of ether oxygens (including phenoxy) is 2. The van der Waals surface area contributed by atoms with Crippen molar-refractivity contribution >= 4 is 10.9 Å². The van der Waals surface area contributed by atoms with Crippen molar-refractivity contribution in [3.63, 3.8) is 0 Å². The summed E-state index contributed by atoms with van der Waals surface area (Å²) < 4.78 is 11.0. The van der Waals surface area contributed by atoms with Crippen LogP contribution in [0.4, 0.5) is 0 Å². The largest absolute Gasteiger partial charge is 0.493 e.